The van der Waals surface area contributed by atoms with Gasteiger partial charge in [0.15, 0.2) is 34.9 Å². The molecule has 0 saturated heterocycles. The topological polar surface area (TPSA) is 95.2 Å². The number of hydrogen-bond donors (Lipinski definition) is 0. The first-order valence-electron chi connectivity index (χ1n) is 23.6. The molecule has 4 heterocycles. The van der Waals surface area contributed by atoms with Crippen LogP contribution in [0.3, 0.4) is 0 Å². The Morgan fingerprint density at radius 3 is 1.33 bits per heavy atom. The van der Waals surface area contributed by atoms with Crippen molar-refractivity contribution < 1.29 is 26.3 Å². The first-order chi connectivity index (χ1) is 36.4. The molecule has 14 heteroatoms. The molecule has 8 nitrogen and oxygen atoms in total. The third kappa shape index (κ3) is 8.92. The molecule has 12 aromatic rings. The van der Waals surface area contributed by atoms with Gasteiger partial charge < -0.3 is 4.57 Å². The number of benzene rings is 8. The highest BCUT2D eigenvalue weighted by Crippen LogP contribution is 2.45. The zero-order chi connectivity index (χ0) is 51.3. The van der Waals surface area contributed by atoms with Crippen LogP contribution in [-0.4, -0.2) is 39.5 Å². The Bertz CT molecular complexity index is 3980. The van der Waals surface area contributed by atoms with Crippen molar-refractivity contribution in [3.05, 3.63) is 230 Å². The van der Waals surface area contributed by atoms with Gasteiger partial charge in [0.05, 0.1) is 27.8 Å². The van der Waals surface area contributed by atoms with Crippen LogP contribution in [0.1, 0.15) is 11.1 Å². The van der Waals surface area contributed by atoms with Crippen LogP contribution in [0.25, 0.3) is 118 Å². The molecule has 0 aliphatic carbocycles. The maximum absolute atomic E-state index is 14.6. The minimum Gasteiger partial charge on any atom is -0.309 e. The summed E-state index contributed by atoms with van der Waals surface area (Å²) >= 11 is 0. The minimum absolute atomic E-state index is 0.0909. The van der Waals surface area contributed by atoms with Gasteiger partial charge in [-0.15, -0.1) is 0 Å². The smallest absolute Gasteiger partial charge is 0.309 e. The Labute approximate surface area is 424 Å². The average molecular weight is 995 g/mol. The molecule has 0 atom stereocenters. The number of halogens is 6. The second-order valence-corrected chi connectivity index (χ2v) is 17.6. The van der Waals surface area contributed by atoms with Crippen molar-refractivity contribution in [1.29, 1.82) is 0 Å². The van der Waals surface area contributed by atoms with Gasteiger partial charge in [-0.2, -0.15) is 26.3 Å². The molecule has 8 aromatic carbocycles. The van der Waals surface area contributed by atoms with Gasteiger partial charge in [-0.25, -0.2) is 29.9 Å². The van der Waals surface area contributed by atoms with Gasteiger partial charge in [-0.1, -0.05) is 152 Å². The van der Waals surface area contributed by atoms with E-state index in [4.69, 9.17) is 29.9 Å². The molecule has 0 saturated carbocycles. The maximum atomic E-state index is 14.6. The second kappa shape index (κ2) is 18.7. The zero-order valence-corrected chi connectivity index (χ0v) is 39.1. The summed E-state index contributed by atoms with van der Waals surface area (Å²) in [5.74, 6) is 2.55. The Kier molecular flexibility index (Phi) is 11.6. The van der Waals surface area contributed by atoms with E-state index in [-0.39, 0.29) is 17.2 Å². The molecule has 4 aromatic heterocycles. The van der Waals surface area contributed by atoms with Crippen LogP contribution in [0.15, 0.2) is 219 Å². The second-order valence-electron chi connectivity index (χ2n) is 17.6. The van der Waals surface area contributed by atoms with Crippen LogP contribution >= 0.6 is 0 Å². The Morgan fingerprint density at radius 1 is 0.320 bits per heavy atom. The van der Waals surface area contributed by atoms with Gasteiger partial charge in [0, 0.05) is 67.7 Å². The van der Waals surface area contributed by atoms with Gasteiger partial charge in [0.2, 0.25) is 0 Å². The predicted octanol–water partition coefficient (Wildman–Crippen LogP) is 15.9. The lowest BCUT2D eigenvalue weighted by Crippen LogP contribution is -2.12. The van der Waals surface area contributed by atoms with Crippen molar-refractivity contribution in [2.24, 2.45) is 0 Å². The standard InChI is InChI=1S/C61H36F6N8/c62-60(63,64)43-27-28-44(50(35-43)61(65,66)67)41-25-29-52-47(33-41)45-23-13-14-24-51(45)75(52)53-30-26-42(58-71-54(37-15-5-1-6-16-37)69-55(72-58)38-17-7-2-8-18-38)34-48(53)49-36-68-32-31-46(49)59-73-56(39-19-9-3-10-20-39)70-57(74-59)40-21-11-4-12-22-40/h1-36H. The fourth-order valence-electron chi connectivity index (χ4n) is 9.36. The number of alkyl halides is 6. The third-order valence-electron chi connectivity index (χ3n) is 12.9. The predicted molar refractivity (Wildman–Crippen MR) is 279 cm³/mol. The summed E-state index contributed by atoms with van der Waals surface area (Å²) in [5.41, 5.74) is 4.46. The number of hydrogen-bond acceptors (Lipinski definition) is 7. The zero-order valence-electron chi connectivity index (χ0n) is 39.1. The third-order valence-corrected chi connectivity index (χ3v) is 12.9. The van der Waals surface area contributed by atoms with E-state index < -0.39 is 23.5 Å². The number of nitrogens with zero attached hydrogens (tertiary/aromatic N) is 8. The van der Waals surface area contributed by atoms with E-state index in [2.05, 4.69) is 4.98 Å². The van der Waals surface area contributed by atoms with Gasteiger partial charge in [-0.3, -0.25) is 4.98 Å². The number of fused-ring (bicyclic) bond motifs is 3. The Balaban J connectivity index is 1.12. The molecule has 0 bridgehead atoms. The fourth-order valence-corrected chi connectivity index (χ4v) is 9.36. The van der Waals surface area contributed by atoms with E-state index in [0.717, 1.165) is 28.3 Å². The van der Waals surface area contributed by atoms with E-state index in [1.54, 1.807) is 24.5 Å². The van der Waals surface area contributed by atoms with Gasteiger partial charge in [0.25, 0.3) is 0 Å². The van der Waals surface area contributed by atoms with Crippen molar-refractivity contribution in [2.75, 3.05) is 0 Å². The highest BCUT2D eigenvalue weighted by atomic mass is 19.4. The van der Waals surface area contributed by atoms with Crippen LogP contribution in [0, 0.1) is 0 Å². The SMILES string of the molecule is FC(F)(F)c1ccc(-c2ccc3c(c2)c2ccccc2n3-c2ccc(-c3nc(-c4ccccc4)nc(-c4ccccc4)n3)cc2-c2cnccc2-c2nc(-c3ccccc3)nc(-c3ccccc3)n2)c(C(F)(F)F)c1. The summed E-state index contributed by atoms with van der Waals surface area (Å²) in [6.45, 7) is 0. The molecule has 12 rings (SSSR count). The van der Waals surface area contributed by atoms with Crippen molar-refractivity contribution in [3.63, 3.8) is 0 Å². The maximum Gasteiger partial charge on any atom is 0.417 e. The lowest BCUT2D eigenvalue weighted by Gasteiger charge is -2.18. The van der Waals surface area contributed by atoms with E-state index in [9.17, 15) is 26.3 Å². The highest BCUT2D eigenvalue weighted by molar-refractivity contribution is 6.11. The number of rotatable bonds is 9. The largest absolute Gasteiger partial charge is 0.417 e. The van der Waals surface area contributed by atoms with Crippen LogP contribution in [-0.2, 0) is 12.4 Å². The fraction of sp³-hybridized carbons (Fsp3) is 0.0328. The molecule has 0 N–H and O–H groups in total. The molecular weight excluding hydrogens is 959 g/mol. The summed E-state index contributed by atoms with van der Waals surface area (Å²) in [7, 11) is 0. The van der Waals surface area contributed by atoms with Gasteiger partial charge in [-0.05, 0) is 65.7 Å². The Morgan fingerprint density at radius 2 is 0.800 bits per heavy atom. The lowest BCUT2D eigenvalue weighted by molar-refractivity contribution is -0.142. The van der Waals surface area contributed by atoms with E-state index in [0.29, 0.717) is 90.8 Å². The summed E-state index contributed by atoms with van der Waals surface area (Å²) in [6.07, 6.45) is -6.66. The van der Waals surface area contributed by atoms with Crippen LogP contribution in [0.4, 0.5) is 26.3 Å². The van der Waals surface area contributed by atoms with E-state index in [1.165, 1.54) is 6.07 Å². The molecule has 0 radical (unpaired) electrons. The van der Waals surface area contributed by atoms with E-state index >= 15 is 0 Å². The molecule has 0 aliphatic heterocycles. The van der Waals surface area contributed by atoms with Crippen LogP contribution in [0.5, 0.6) is 0 Å². The molecule has 0 spiro atoms. The normalized spacial score (nSPS) is 11.9. The average Bonchev–Trinajstić information content (AvgIpc) is 3.81. The van der Waals surface area contributed by atoms with Crippen molar-refractivity contribution >= 4 is 21.8 Å². The quantitative estimate of drug-likeness (QED) is 0.133. The summed E-state index contributed by atoms with van der Waals surface area (Å²) in [5, 5.41) is 1.25. The molecular formula is C61H36F6N8. The number of para-hydroxylation sites is 1. The highest BCUT2D eigenvalue weighted by Gasteiger charge is 2.38. The lowest BCUT2D eigenvalue weighted by atomic mass is 9.95. The first kappa shape index (κ1) is 46.4. The first-order valence-corrected chi connectivity index (χ1v) is 23.6. The molecule has 0 unspecified atom stereocenters. The molecule has 362 valence electrons. The molecule has 0 amide bonds. The monoisotopic (exact) mass is 994 g/mol. The Hall–Kier alpha value is -9.69. The molecule has 0 aliphatic rings. The number of pyridine rings is 1. The minimum atomic E-state index is -5.08. The van der Waals surface area contributed by atoms with Crippen molar-refractivity contribution in [1.82, 2.24) is 39.5 Å². The number of aromatic nitrogens is 8. The van der Waals surface area contributed by atoms with Gasteiger partial charge in [0.1, 0.15) is 0 Å². The molecule has 0 fully saturated rings. The summed E-state index contributed by atoms with van der Waals surface area (Å²) < 4.78 is 87.3. The summed E-state index contributed by atoms with van der Waals surface area (Å²) in [6, 6.07) is 60.1. The molecule has 75 heavy (non-hydrogen) atoms. The summed E-state index contributed by atoms with van der Waals surface area (Å²) in [4.78, 5) is 34.8. The van der Waals surface area contributed by atoms with Gasteiger partial charge >= 0.3 is 12.4 Å². The van der Waals surface area contributed by atoms with E-state index in [1.807, 2.05) is 174 Å². The van der Waals surface area contributed by atoms with Crippen LogP contribution < -0.4 is 0 Å². The van der Waals surface area contributed by atoms with Crippen molar-refractivity contribution in [2.45, 2.75) is 12.4 Å². The van der Waals surface area contributed by atoms with Crippen molar-refractivity contribution in [3.8, 4) is 96.3 Å². The van der Waals surface area contributed by atoms with Crippen LogP contribution in [0.2, 0.25) is 0 Å².